The van der Waals surface area contributed by atoms with Gasteiger partial charge in [0.1, 0.15) is 12.4 Å². The van der Waals surface area contributed by atoms with Crippen molar-refractivity contribution in [2.45, 2.75) is 19.4 Å². The fraction of sp³-hybridized carbons (Fsp3) is 0.316. The first-order valence-corrected chi connectivity index (χ1v) is 8.27. The van der Waals surface area contributed by atoms with Gasteiger partial charge in [0.2, 0.25) is 0 Å². The second-order valence-electron chi connectivity index (χ2n) is 6.07. The molecule has 1 aliphatic rings. The third kappa shape index (κ3) is 4.35. The number of rotatable bonds is 5. The smallest absolute Gasteiger partial charge is 0.306 e. The highest BCUT2D eigenvalue weighted by molar-refractivity contribution is 5.94. The molecule has 1 aromatic carbocycles. The van der Waals surface area contributed by atoms with E-state index in [0.29, 0.717) is 43.9 Å². The van der Waals surface area contributed by atoms with E-state index >= 15 is 0 Å². The topological polar surface area (TPSA) is 79.7 Å². The summed E-state index contributed by atoms with van der Waals surface area (Å²) in [6.07, 6.45) is 4.45. The SMILES string of the molecule is O=C(O)C1CCN(C(=O)c2ccc(OCc3ccncc3)cc2)CC1. The lowest BCUT2D eigenvalue weighted by atomic mass is 9.96. The van der Waals surface area contributed by atoms with E-state index in [0.717, 1.165) is 5.56 Å². The molecular weight excluding hydrogens is 320 g/mol. The lowest BCUT2D eigenvalue weighted by Crippen LogP contribution is -2.40. The molecule has 6 nitrogen and oxygen atoms in total. The molecule has 2 aromatic rings. The van der Waals surface area contributed by atoms with Crippen LogP contribution in [-0.4, -0.2) is 40.0 Å². The largest absolute Gasteiger partial charge is 0.489 e. The second-order valence-corrected chi connectivity index (χ2v) is 6.07. The molecule has 0 bridgehead atoms. The van der Waals surface area contributed by atoms with Crippen LogP contribution in [0.5, 0.6) is 5.75 Å². The number of carboxylic acid groups (broad SMARTS) is 1. The highest BCUT2D eigenvalue weighted by atomic mass is 16.5. The number of carboxylic acids is 1. The third-order valence-electron chi connectivity index (χ3n) is 4.39. The zero-order chi connectivity index (χ0) is 17.6. The van der Waals surface area contributed by atoms with Crippen molar-refractivity contribution < 1.29 is 19.4 Å². The Balaban J connectivity index is 1.55. The minimum Gasteiger partial charge on any atom is -0.489 e. The molecule has 25 heavy (non-hydrogen) atoms. The van der Waals surface area contributed by atoms with Gasteiger partial charge in [0.05, 0.1) is 5.92 Å². The number of hydrogen-bond donors (Lipinski definition) is 1. The molecule has 0 saturated carbocycles. The van der Waals surface area contributed by atoms with Gasteiger partial charge in [-0.25, -0.2) is 0 Å². The van der Waals surface area contributed by atoms with Gasteiger partial charge in [-0.15, -0.1) is 0 Å². The predicted molar refractivity (Wildman–Crippen MR) is 91.3 cm³/mol. The van der Waals surface area contributed by atoms with Gasteiger partial charge in [-0.1, -0.05) is 0 Å². The Morgan fingerprint density at radius 1 is 1.08 bits per heavy atom. The summed E-state index contributed by atoms with van der Waals surface area (Å²) in [6.45, 7) is 1.41. The molecule has 0 radical (unpaired) electrons. The zero-order valence-corrected chi connectivity index (χ0v) is 13.8. The van der Waals surface area contributed by atoms with E-state index in [-0.39, 0.29) is 11.8 Å². The number of benzene rings is 1. The summed E-state index contributed by atoms with van der Waals surface area (Å²) in [6, 6.07) is 10.8. The minimum atomic E-state index is -0.775. The number of nitrogens with zero attached hydrogens (tertiary/aromatic N) is 2. The summed E-state index contributed by atoms with van der Waals surface area (Å²) >= 11 is 0. The predicted octanol–water partition coefficient (Wildman–Crippen LogP) is 2.60. The van der Waals surface area contributed by atoms with Crippen molar-refractivity contribution in [3.05, 3.63) is 59.9 Å². The maximum absolute atomic E-state index is 12.5. The Labute approximate surface area is 146 Å². The number of carbonyl (C=O) groups is 2. The van der Waals surface area contributed by atoms with Crippen LogP contribution in [0.4, 0.5) is 0 Å². The van der Waals surface area contributed by atoms with E-state index < -0.39 is 5.97 Å². The van der Waals surface area contributed by atoms with Crippen LogP contribution in [0, 0.1) is 5.92 Å². The van der Waals surface area contributed by atoms with E-state index in [1.165, 1.54) is 0 Å². The summed E-state index contributed by atoms with van der Waals surface area (Å²) in [5, 5.41) is 9.02. The van der Waals surface area contributed by atoms with Crippen molar-refractivity contribution in [2.24, 2.45) is 5.92 Å². The molecule has 2 heterocycles. The molecule has 0 unspecified atom stereocenters. The molecule has 1 fully saturated rings. The van der Waals surface area contributed by atoms with Crippen LogP contribution < -0.4 is 4.74 Å². The molecule has 1 aliphatic heterocycles. The molecule has 1 amide bonds. The maximum Gasteiger partial charge on any atom is 0.306 e. The monoisotopic (exact) mass is 340 g/mol. The molecule has 1 aromatic heterocycles. The van der Waals surface area contributed by atoms with Gasteiger partial charge in [-0.05, 0) is 54.8 Å². The second kappa shape index (κ2) is 7.79. The van der Waals surface area contributed by atoms with Crippen LogP contribution in [0.3, 0.4) is 0 Å². The Morgan fingerprint density at radius 3 is 2.32 bits per heavy atom. The number of carbonyl (C=O) groups excluding carboxylic acids is 1. The van der Waals surface area contributed by atoms with Gasteiger partial charge >= 0.3 is 5.97 Å². The first-order valence-electron chi connectivity index (χ1n) is 8.27. The number of pyridine rings is 1. The fourth-order valence-electron chi connectivity index (χ4n) is 2.85. The molecular formula is C19H20N2O4. The number of hydrogen-bond acceptors (Lipinski definition) is 4. The Kier molecular flexibility index (Phi) is 5.28. The normalized spacial score (nSPS) is 15.0. The van der Waals surface area contributed by atoms with Crippen LogP contribution in [0.25, 0.3) is 0 Å². The van der Waals surface area contributed by atoms with Crippen LogP contribution in [-0.2, 0) is 11.4 Å². The average molecular weight is 340 g/mol. The van der Waals surface area contributed by atoms with E-state index in [1.807, 2.05) is 12.1 Å². The molecule has 1 N–H and O–H groups in total. The quantitative estimate of drug-likeness (QED) is 0.905. The average Bonchev–Trinajstić information content (AvgIpc) is 2.67. The zero-order valence-electron chi connectivity index (χ0n) is 13.8. The number of piperidine rings is 1. The molecule has 130 valence electrons. The lowest BCUT2D eigenvalue weighted by molar-refractivity contribution is -0.143. The number of ether oxygens (including phenoxy) is 1. The van der Waals surface area contributed by atoms with E-state index in [9.17, 15) is 9.59 Å². The molecule has 0 atom stereocenters. The Hall–Kier alpha value is -2.89. The van der Waals surface area contributed by atoms with Crippen LogP contribution in [0.1, 0.15) is 28.8 Å². The molecule has 3 rings (SSSR count). The molecule has 0 spiro atoms. The van der Waals surface area contributed by atoms with E-state index in [4.69, 9.17) is 9.84 Å². The van der Waals surface area contributed by atoms with Gasteiger partial charge in [0.25, 0.3) is 5.91 Å². The van der Waals surface area contributed by atoms with Gasteiger partial charge < -0.3 is 14.7 Å². The Bertz CT molecular complexity index is 723. The first-order chi connectivity index (χ1) is 12.1. The van der Waals surface area contributed by atoms with Gasteiger partial charge in [0.15, 0.2) is 0 Å². The summed E-state index contributed by atoms with van der Waals surface area (Å²) in [4.78, 5) is 29.2. The van der Waals surface area contributed by atoms with Crippen LogP contribution in [0.15, 0.2) is 48.8 Å². The van der Waals surface area contributed by atoms with Crippen molar-refractivity contribution in [2.75, 3.05) is 13.1 Å². The van der Waals surface area contributed by atoms with Crippen LogP contribution in [0.2, 0.25) is 0 Å². The van der Waals surface area contributed by atoms with E-state index in [1.54, 1.807) is 41.6 Å². The minimum absolute atomic E-state index is 0.0653. The summed E-state index contributed by atoms with van der Waals surface area (Å²) in [7, 11) is 0. The van der Waals surface area contributed by atoms with Crippen molar-refractivity contribution in [1.82, 2.24) is 9.88 Å². The van der Waals surface area contributed by atoms with Crippen molar-refractivity contribution in [3.63, 3.8) is 0 Å². The summed E-state index contributed by atoms with van der Waals surface area (Å²) in [5.74, 6) is -0.488. The van der Waals surface area contributed by atoms with Gasteiger partial charge in [-0.2, -0.15) is 0 Å². The standard InChI is InChI=1S/C19H20N2O4/c22-18(21-11-7-16(8-12-21)19(23)24)15-1-3-17(4-2-15)25-13-14-5-9-20-10-6-14/h1-6,9-10,16H,7-8,11-13H2,(H,23,24). The van der Waals surface area contributed by atoms with Crippen molar-refractivity contribution >= 4 is 11.9 Å². The van der Waals surface area contributed by atoms with Gasteiger partial charge in [0, 0.05) is 31.0 Å². The molecule has 1 saturated heterocycles. The van der Waals surface area contributed by atoms with Crippen molar-refractivity contribution in [1.29, 1.82) is 0 Å². The number of aromatic nitrogens is 1. The third-order valence-corrected chi connectivity index (χ3v) is 4.39. The van der Waals surface area contributed by atoms with Crippen molar-refractivity contribution in [3.8, 4) is 5.75 Å². The molecule has 6 heteroatoms. The Morgan fingerprint density at radius 2 is 1.72 bits per heavy atom. The highest BCUT2D eigenvalue weighted by Crippen LogP contribution is 2.20. The first kappa shape index (κ1) is 17.0. The summed E-state index contributed by atoms with van der Waals surface area (Å²) < 4.78 is 5.69. The number of amides is 1. The maximum atomic E-state index is 12.5. The van der Waals surface area contributed by atoms with E-state index in [2.05, 4.69) is 4.98 Å². The number of aliphatic carboxylic acids is 1. The lowest BCUT2D eigenvalue weighted by Gasteiger charge is -2.30. The van der Waals surface area contributed by atoms with Crippen LogP contribution >= 0.6 is 0 Å². The molecule has 0 aliphatic carbocycles. The highest BCUT2D eigenvalue weighted by Gasteiger charge is 2.27. The van der Waals surface area contributed by atoms with Gasteiger partial charge in [-0.3, -0.25) is 14.6 Å². The number of likely N-dealkylation sites (tertiary alicyclic amines) is 1. The fourth-order valence-corrected chi connectivity index (χ4v) is 2.85. The summed E-state index contributed by atoms with van der Waals surface area (Å²) in [5.41, 5.74) is 1.61.